The summed E-state index contributed by atoms with van der Waals surface area (Å²) in [5.74, 6) is -0.352. The van der Waals surface area contributed by atoms with E-state index in [1.807, 2.05) is 0 Å². The van der Waals surface area contributed by atoms with Gasteiger partial charge in [0, 0.05) is 12.1 Å². The molecule has 6 heteroatoms. The molecule has 0 fully saturated rings. The lowest BCUT2D eigenvalue weighted by atomic mass is 10.2. The Morgan fingerprint density at radius 3 is 2.41 bits per heavy atom. The van der Waals surface area contributed by atoms with E-state index >= 15 is 0 Å². The Hall–Kier alpha value is -2.24. The molecule has 0 aromatic heterocycles. The maximum absolute atomic E-state index is 10.9. The summed E-state index contributed by atoms with van der Waals surface area (Å²) in [7, 11) is 2.83. The summed E-state index contributed by atoms with van der Waals surface area (Å²) in [6.45, 7) is -0.544. The number of carbonyl (C=O) groups is 2. The summed E-state index contributed by atoms with van der Waals surface area (Å²) in [4.78, 5) is 21.3. The zero-order valence-electron chi connectivity index (χ0n) is 9.43. The molecular weight excluding hydrogens is 228 g/mol. The summed E-state index contributed by atoms with van der Waals surface area (Å²) in [5, 5.41) is 8.52. The molecule has 1 aromatic rings. The van der Waals surface area contributed by atoms with Crippen LogP contribution in [0.3, 0.4) is 0 Å². The van der Waals surface area contributed by atoms with Crippen molar-refractivity contribution >= 4 is 12.3 Å². The van der Waals surface area contributed by atoms with Gasteiger partial charge in [-0.1, -0.05) is 0 Å². The van der Waals surface area contributed by atoms with E-state index in [4.69, 9.17) is 19.3 Å². The highest BCUT2D eigenvalue weighted by molar-refractivity contribution is 5.84. The second-order valence-corrected chi connectivity index (χ2v) is 3.04. The first-order valence-electron chi connectivity index (χ1n) is 4.68. The Kier molecular flexibility index (Phi) is 4.33. The van der Waals surface area contributed by atoms with Gasteiger partial charge in [0.15, 0.2) is 12.9 Å². The van der Waals surface area contributed by atoms with Crippen LogP contribution in [0.2, 0.25) is 0 Å². The molecule has 0 amide bonds. The average molecular weight is 240 g/mol. The molecule has 1 aromatic carbocycles. The zero-order valence-corrected chi connectivity index (χ0v) is 9.43. The van der Waals surface area contributed by atoms with Crippen LogP contribution in [0.25, 0.3) is 0 Å². The summed E-state index contributed by atoms with van der Waals surface area (Å²) in [5.41, 5.74) is 0.148. The first kappa shape index (κ1) is 12.8. The van der Waals surface area contributed by atoms with Crippen molar-refractivity contribution < 1.29 is 28.9 Å². The maximum Gasteiger partial charge on any atom is 0.341 e. The minimum absolute atomic E-state index is 0.110. The highest BCUT2D eigenvalue weighted by Crippen LogP contribution is 2.32. The molecule has 0 saturated carbocycles. The Balaban J connectivity index is 3.14. The molecule has 0 heterocycles. The molecule has 92 valence electrons. The summed E-state index contributed by atoms with van der Waals surface area (Å²) in [6.07, 6.45) is 0.537. The molecule has 6 nitrogen and oxygen atoms in total. The molecule has 0 aliphatic carbocycles. The fourth-order valence-corrected chi connectivity index (χ4v) is 1.24. The van der Waals surface area contributed by atoms with Crippen molar-refractivity contribution in [2.75, 3.05) is 20.8 Å². The van der Waals surface area contributed by atoms with E-state index < -0.39 is 12.6 Å². The van der Waals surface area contributed by atoms with Crippen molar-refractivity contribution in [2.24, 2.45) is 0 Å². The van der Waals surface area contributed by atoms with Crippen molar-refractivity contribution in [2.45, 2.75) is 0 Å². The monoisotopic (exact) mass is 240 g/mol. The van der Waals surface area contributed by atoms with Crippen LogP contribution in [0.5, 0.6) is 17.2 Å². The molecule has 0 aliphatic heterocycles. The molecule has 1 N–H and O–H groups in total. The number of ether oxygens (including phenoxy) is 3. The number of methoxy groups -OCH3 is 2. The quantitative estimate of drug-likeness (QED) is 0.746. The van der Waals surface area contributed by atoms with Gasteiger partial charge in [0.25, 0.3) is 0 Å². The van der Waals surface area contributed by atoms with E-state index in [0.717, 1.165) is 0 Å². The fourth-order valence-electron chi connectivity index (χ4n) is 1.24. The molecular formula is C11H12O6. The van der Waals surface area contributed by atoms with Gasteiger partial charge >= 0.3 is 5.97 Å². The smallest absolute Gasteiger partial charge is 0.341 e. The number of benzene rings is 1. The third-order valence-corrected chi connectivity index (χ3v) is 2.00. The van der Waals surface area contributed by atoms with Crippen LogP contribution < -0.4 is 14.2 Å². The van der Waals surface area contributed by atoms with E-state index in [1.165, 1.54) is 26.4 Å². The molecule has 0 unspecified atom stereocenters. The molecule has 0 atom stereocenters. The lowest BCUT2D eigenvalue weighted by Gasteiger charge is -2.12. The third-order valence-electron chi connectivity index (χ3n) is 2.00. The standard InChI is InChI=1S/C11H12O6/c1-15-7-3-9(16-2)8(5-12)10(4-7)17-6-11(13)14/h3-5H,6H2,1-2H3,(H,13,14). The molecule has 0 spiro atoms. The van der Waals surface area contributed by atoms with Crippen LogP contribution in [0.15, 0.2) is 12.1 Å². The number of carbonyl (C=O) groups excluding carboxylic acids is 1. The van der Waals surface area contributed by atoms with Gasteiger partial charge in [0.05, 0.1) is 19.8 Å². The maximum atomic E-state index is 10.9. The first-order chi connectivity index (χ1) is 8.12. The topological polar surface area (TPSA) is 82.1 Å². The highest BCUT2D eigenvalue weighted by atomic mass is 16.5. The normalized spacial score (nSPS) is 9.53. The second-order valence-electron chi connectivity index (χ2n) is 3.04. The van der Waals surface area contributed by atoms with Gasteiger partial charge in [0.2, 0.25) is 0 Å². The fraction of sp³-hybridized carbons (Fsp3) is 0.273. The van der Waals surface area contributed by atoms with Crippen LogP contribution >= 0.6 is 0 Å². The van der Waals surface area contributed by atoms with Crippen molar-refractivity contribution in [3.05, 3.63) is 17.7 Å². The van der Waals surface area contributed by atoms with Crippen LogP contribution in [-0.4, -0.2) is 38.2 Å². The Morgan fingerprint density at radius 2 is 1.94 bits per heavy atom. The molecule has 17 heavy (non-hydrogen) atoms. The van der Waals surface area contributed by atoms with Gasteiger partial charge in [-0.25, -0.2) is 4.79 Å². The van der Waals surface area contributed by atoms with Crippen molar-refractivity contribution in [1.29, 1.82) is 0 Å². The summed E-state index contributed by atoms with van der Waals surface area (Å²) >= 11 is 0. The summed E-state index contributed by atoms with van der Waals surface area (Å²) in [6, 6.07) is 2.94. The third kappa shape index (κ3) is 3.10. The SMILES string of the molecule is COc1cc(OC)c(C=O)c(OCC(=O)O)c1. The average Bonchev–Trinajstić information content (AvgIpc) is 2.34. The van der Waals surface area contributed by atoms with E-state index in [0.29, 0.717) is 12.0 Å². The van der Waals surface area contributed by atoms with Gasteiger partial charge < -0.3 is 19.3 Å². The summed E-state index contributed by atoms with van der Waals surface area (Å²) < 4.78 is 15.0. The van der Waals surface area contributed by atoms with E-state index in [9.17, 15) is 9.59 Å². The highest BCUT2D eigenvalue weighted by Gasteiger charge is 2.13. The van der Waals surface area contributed by atoms with E-state index in [2.05, 4.69) is 0 Å². The molecule has 0 radical (unpaired) electrons. The predicted octanol–water partition coefficient (Wildman–Crippen LogP) is 0.980. The second kappa shape index (κ2) is 5.74. The number of hydrogen-bond donors (Lipinski definition) is 1. The molecule has 0 bridgehead atoms. The lowest BCUT2D eigenvalue weighted by Crippen LogP contribution is -2.11. The minimum atomic E-state index is -1.14. The van der Waals surface area contributed by atoms with E-state index in [1.54, 1.807) is 0 Å². The Labute approximate surface area is 97.7 Å². The number of hydrogen-bond acceptors (Lipinski definition) is 5. The molecule has 0 aliphatic rings. The Bertz CT molecular complexity index is 426. The van der Waals surface area contributed by atoms with Gasteiger partial charge in [-0.3, -0.25) is 4.79 Å². The zero-order chi connectivity index (χ0) is 12.8. The van der Waals surface area contributed by atoms with E-state index in [-0.39, 0.29) is 17.1 Å². The van der Waals surface area contributed by atoms with Gasteiger partial charge in [-0.2, -0.15) is 0 Å². The number of carboxylic acid groups (broad SMARTS) is 1. The number of aliphatic carboxylic acids is 1. The first-order valence-corrected chi connectivity index (χ1v) is 4.68. The van der Waals surface area contributed by atoms with Crippen LogP contribution in [0.4, 0.5) is 0 Å². The van der Waals surface area contributed by atoms with Gasteiger partial charge in [-0.15, -0.1) is 0 Å². The molecule has 1 rings (SSSR count). The minimum Gasteiger partial charge on any atom is -0.496 e. The van der Waals surface area contributed by atoms with Crippen LogP contribution in [0.1, 0.15) is 10.4 Å². The van der Waals surface area contributed by atoms with Crippen molar-refractivity contribution in [3.63, 3.8) is 0 Å². The van der Waals surface area contributed by atoms with Crippen molar-refractivity contribution in [1.82, 2.24) is 0 Å². The van der Waals surface area contributed by atoms with Gasteiger partial charge in [-0.05, 0) is 0 Å². The Morgan fingerprint density at radius 1 is 1.29 bits per heavy atom. The largest absolute Gasteiger partial charge is 0.496 e. The number of carboxylic acids is 1. The number of aldehydes is 1. The predicted molar refractivity (Wildman–Crippen MR) is 58.1 cm³/mol. The van der Waals surface area contributed by atoms with Crippen LogP contribution in [0, 0.1) is 0 Å². The molecule has 0 saturated heterocycles. The number of rotatable bonds is 6. The van der Waals surface area contributed by atoms with Crippen molar-refractivity contribution in [3.8, 4) is 17.2 Å². The van der Waals surface area contributed by atoms with Crippen LogP contribution in [-0.2, 0) is 4.79 Å². The lowest BCUT2D eigenvalue weighted by molar-refractivity contribution is -0.139. The van der Waals surface area contributed by atoms with Gasteiger partial charge in [0.1, 0.15) is 17.2 Å².